The fraction of sp³-hybridized carbons (Fsp3) is 0.333. The minimum absolute atomic E-state index is 0.0298. The highest BCUT2D eigenvalue weighted by molar-refractivity contribution is 6.01. The molecule has 6 heteroatoms. The number of nitrogens with zero attached hydrogens (tertiary/aromatic N) is 4. The summed E-state index contributed by atoms with van der Waals surface area (Å²) in [5.74, 6) is 0.919. The van der Waals surface area contributed by atoms with Gasteiger partial charge in [0, 0.05) is 55.5 Å². The van der Waals surface area contributed by atoms with Crippen LogP contribution in [0.25, 0.3) is 0 Å². The topological polar surface area (TPSA) is 66.4 Å². The van der Waals surface area contributed by atoms with E-state index in [9.17, 15) is 9.59 Å². The van der Waals surface area contributed by atoms with E-state index in [1.165, 1.54) is 11.0 Å². The Hall–Kier alpha value is -3.02. The largest absolute Gasteiger partial charge is 0.334 e. The van der Waals surface area contributed by atoms with E-state index >= 15 is 0 Å². The fourth-order valence-corrected chi connectivity index (χ4v) is 3.06. The van der Waals surface area contributed by atoms with Crippen LogP contribution in [-0.4, -0.2) is 40.3 Å². The highest BCUT2D eigenvalue weighted by Gasteiger charge is 2.23. The van der Waals surface area contributed by atoms with Crippen LogP contribution < -0.4 is 4.90 Å². The first-order chi connectivity index (χ1) is 12.9. The van der Waals surface area contributed by atoms with E-state index in [1.807, 2.05) is 11.1 Å². The summed E-state index contributed by atoms with van der Waals surface area (Å²) in [7, 11) is 1.67. The standard InChI is InChI=1S/C21H24N4O2/c1-5-19(26)24(4)17-8-6-15(7-9-17)21(27)25-11-10-18-16(13-25)12-22-20(23-18)14(2)3/h5-9,12,14H,1,10-11,13H2,2-4H3. The molecule has 0 atom stereocenters. The van der Waals surface area contributed by atoms with Crippen molar-refractivity contribution in [3.8, 4) is 0 Å². The first kappa shape index (κ1) is 18.8. The molecule has 1 aromatic carbocycles. The number of likely N-dealkylation sites (N-methyl/N-ethyl adjacent to an activating group) is 1. The van der Waals surface area contributed by atoms with Crippen LogP contribution in [0.5, 0.6) is 0 Å². The van der Waals surface area contributed by atoms with Crippen molar-refractivity contribution >= 4 is 17.5 Å². The molecular weight excluding hydrogens is 340 g/mol. The average Bonchev–Trinajstić information content (AvgIpc) is 2.71. The van der Waals surface area contributed by atoms with E-state index < -0.39 is 0 Å². The Bertz CT molecular complexity index is 874. The molecule has 1 aliphatic heterocycles. The summed E-state index contributed by atoms with van der Waals surface area (Å²) < 4.78 is 0. The molecule has 2 aromatic rings. The molecule has 27 heavy (non-hydrogen) atoms. The third-order valence-electron chi connectivity index (χ3n) is 4.76. The quantitative estimate of drug-likeness (QED) is 0.783. The van der Waals surface area contributed by atoms with Crippen LogP contribution in [0, 0.1) is 0 Å². The second-order valence-corrected chi connectivity index (χ2v) is 6.98. The first-order valence-corrected chi connectivity index (χ1v) is 9.05. The highest BCUT2D eigenvalue weighted by Crippen LogP contribution is 2.22. The fourth-order valence-electron chi connectivity index (χ4n) is 3.06. The predicted octanol–water partition coefficient (Wildman–Crippen LogP) is 2.95. The zero-order chi connectivity index (χ0) is 19.6. The third kappa shape index (κ3) is 3.89. The molecule has 0 aliphatic carbocycles. The molecule has 0 unspecified atom stereocenters. The van der Waals surface area contributed by atoms with Gasteiger partial charge in [0.25, 0.3) is 5.91 Å². The number of anilines is 1. The van der Waals surface area contributed by atoms with Gasteiger partial charge in [0.15, 0.2) is 0 Å². The maximum atomic E-state index is 12.8. The number of fused-ring (bicyclic) bond motifs is 1. The molecule has 0 bridgehead atoms. The Morgan fingerprint density at radius 1 is 1.26 bits per heavy atom. The van der Waals surface area contributed by atoms with Crippen LogP contribution >= 0.6 is 0 Å². The lowest BCUT2D eigenvalue weighted by Crippen LogP contribution is -2.36. The van der Waals surface area contributed by atoms with Gasteiger partial charge in [0.2, 0.25) is 5.91 Å². The van der Waals surface area contributed by atoms with E-state index in [0.29, 0.717) is 24.6 Å². The lowest BCUT2D eigenvalue weighted by atomic mass is 10.0. The Morgan fingerprint density at radius 3 is 2.59 bits per heavy atom. The Labute approximate surface area is 159 Å². The van der Waals surface area contributed by atoms with Crippen molar-refractivity contribution in [2.24, 2.45) is 0 Å². The molecule has 2 heterocycles. The molecule has 0 N–H and O–H groups in total. The number of hydrogen-bond acceptors (Lipinski definition) is 4. The lowest BCUT2D eigenvalue weighted by molar-refractivity contribution is -0.113. The van der Waals surface area contributed by atoms with Gasteiger partial charge in [-0.1, -0.05) is 20.4 Å². The molecular formula is C21H24N4O2. The Balaban J connectivity index is 1.73. The number of aromatic nitrogens is 2. The van der Waals surface area contributed by atoms with E-state index in [4.69, 9.17) is 0 Å². The van der Waals surface area contributed by atoms with Gasteiger partial charge in [-0.15, -0.1) is 0 Å². The molecule has 0 spiro atoms. The minimum Gasteiger partial charge on any atom is -0.334 e. The maximum absolute atomic E-state index is 12.8. The molecule has 2 amide bonds. The summed E-state index contributed by atoms with van der Waals surface area (Å²) in [4.78, 5) is 36.9. The molecule has 1 aromatic heterocycles. The van der Waals surface area contributed by atoms with Gasteiger partial charge < -0.3 is 9.80 Å². The number of amides is 2. The number of carbonyl (C=O) groups is 2. The summed E-state index contributed by atoms with van der Waals surface area (Å²) in [5.41, 5.74) is 3.36. The summed E-state index contributed by atoms with van der Waals surface area (Å²) >= 11 is 0. The van der Waals surface area contributed by atoms with Crippen LogP contribution in [-0.2, 0) is 17.8 Å². The second kappa shape index (κ2) is 7.70. The Morgan fingerprint density at radius 2 is 1.96 bits per heavy atom. The van der Waals surface area contributed by atoms with Crippen molar-refractivity contribution < 1.29 is 9.59 Å². The SMILES string of the molecule is C=CC(=O)N(C)c1ccc(C(=O)N2CCc3nc(C(C)C)ncc3C2)cc1. The molecule has 0 fully saturated rings. The van der Waals surface area contributed by atoms with Gasteiger partial charge in [-0.25, -0.2) is 9.97 Å². The van der Waals surface area contributed by atoms with Crippen molar-refractivity contribution in [2.75, 3.05) is 18.5 Å². The smallest absolute Gasteiger partial charge is 0.254 e. The van der Waals surface area contributed by atoms with Gasteiger partial charge in [-0.05, 0) is 30.3 Å². The van der Waals surface area contributed by atoms with Gasteiger partial charge >= 0.3 is 0 Å². The van der Waals surface area contributed by atoms with Crippen LogP contribution in [0.3, 0.4) is 0 Å². The molecule has 3 rings (SSSR count). The predicted molar refractivity (Wildman–Crippen MR) is 105 cm³/mol. The zero-order valence-corrected chi connectivity index (χ0v) is 16.0. The van der Waals surface area contributed by atoms with Gasteiger partial charge in [0.05, 0.1) is 5.69 Å². The summed E-state index contributed by atoms with van der Waals surface area (Å²) in [6, 6.07) is 7.03. The van der Waals surface area contributed by atoms with Crippen LogP contribution in [0.2, 0.25) is 0 Å². The van der Waals surface area contributed by atoms with Crippen LogP contribution in [0.4, 0.5) is 5.69 Å². The average molecular weight is 364 g/mol. The molecule has 0 saturated heterocycles. The van der Waals surface area contributed by atoms with Gasteiger partial charge in [-0.3, -0.25) is 9.59 Å². The molecule has 1 aliphatic rings. The Kier molecular flexibility index (Phi) is 5.35. The number of benzene rings is 1. The highest BCUT2D eigenvalue weighted by atomic mass is 16.2. The van der Waals surface area contributed by atoms with E-state index in [2.05, 4.69) is 30.4 Å². The number of carbonyl (C=O) groups excluding carboxylic acids is 2. The summed E-state index contributed by atoms with van der Waals surface area (Å²) in [6.45, 7) is 8.79. The maximum Gasteiger partial charge on any atom is 0.254 e. The monoisotopic (exact) mass is 364 g/mol. The van der Waals surface area contributed by atoms with E-state index in [1.54, 1.807) is 31.3 Å². The molecule has 6 nitrogen and oxygen atoms in total. The number of rotatable bonds is 4. The van der Waals surface area contributed by atoms with Crippen molar-refractivity contribution in [1.29, 1.82) is 0 Å². The van der Waals surface area contributed by atoms with Crippen molar-refractivity contribution in [2.45, 2.75) is 32.7 Å². The molecule has 0 radical (unpaired) electrons. The van der Waals surface area contributed by atoms with E-state index in [-0.39, 0.29) is 11.8 Å². The minimum atomic E-state index is -0.192. The zero-order valence-electron chi connectivity index (χ0n) is 16.0. The van der Waals surface area contributed by atoms with Crippen molar-refractivity contribution in [1.82, 2.24) is 14.9 Å². The molecule has 0 saturated carbocycles. The normalized spacial score (nSPS) is 13.3. The van der Waals surface area contributed by atoms with E-state index in [0.717, 1.165) is 29.2 Å². The first-order valence-electron chi connectivity index (χ1n) is 9.05. The van der Waals surface area contributed by atoms with Crippen LogP contribution in [0.1, 0.15) is 47.2 Å². The van der Waals surface area contributed by atoms with Crippen LogP contribution in [0.15, 0.2) is 43.1 Å². The van der Waals surface area contributed by atoms with Gasteiger partial charge in [0.1, 0.15) is 5.82 Å². The number of hydrogen-bond donors (Lipinski definition) is 0. The third-order valence-corrected chi connectivity index (χ3v) is 4.76. The molecule has 140 valence electrons. The summed E-state index contributed by atoms with van der Waals surface area (Å²) in [5, 5.41) is 0. The van der Waals surface area contributed by atoms with Crippen molar-refractivity contribution in [3.05, 3.63) is 65.8 Å². The second-order valence-electron chi connectivity index (χ2n) is 6.98. The van der Waals surface area contributed by atoms with Crippen molar-refractivity contribution in [3.63, 3.8) is 0 Å². The lowest BCUT2D eigenvalue weighted by Gasteiger charge is -2.28. The summed E-state index contributed by atoms with van der Waals surface area (Å²) in [6.07, 6.45) is 3.84. The van der Waals surface area contributed by atoms with Gasteiger partial charge in [-0.2, -0.15) is 0 Å².